The molecule has 1 saturated carbocycles. The van der Waals surface area contributed by atoms with E-state index in [0.29, 0.717) is 6.42 Å². The Balaban J connectivity index is 1.47. The molecule has 0 atom stereocenters. The Hall–Kier alpha value is -2.14. The number of benzene rings is 2. The molecule has 0 spiro atoms. The van der Waals surface area contributed by atoms with Gasteiger partial charge in [0.05, 0.1) is 4.92 Å². The number of ketones is 1. The van der Waals surface area contributed by atoms with E-state index in [9.17, 15) is 14.9 Å². The van der Waals surface area contributed by atoms with E-state index in [1.807, 2.05) is 24.3 Å². The molecule has 5 heteroatoms. The molecule has 27 heavy (non-hydrogen) atoms. The lowest BCUT2D eigenvalue weighted by Gasteiger charge is -2.20. The molecule has 0 bridgehead atoms. The highest BCUT2D eigenvalue weighted by Gasteiger charge is 2.15. The third-order valence-electron chi connectivity index (χ3n) is 5.23. The second kappa shape index (κ2) is 9.70. The maximum absolute atomic E-state index is 12.4. The molecular formula is C22H25NO3S. The maximum atomic E-state index is 12.4. The van der Waals surface area contributed by atoms with Crippen molar-refractivity contribution in [2.75, 3.05) is 0 Å². The largest absolute Gasteiger partial charge is 0.294 e. The number of carbonyl (C=O) groups excluding carboxylic acids is 1. The average Bonchev–Trinajstić information content (AvgIpc) is 2.72. The van der Waals surface area contributed by atoms with Crippen LogP contribution >= 0.6 is 11.8 Å². The van der Waals surface area contributed by atoms with Gasteiger partial charge >= 0.3 is 0 Å². The van der Waals surface area contributed by atoms with Gasteiger partial charge in [-0.2, -0.15) is 0 Å². The number of carbonyl (C=O) groups is 1. The van der Waals surface area contributed by atoms with Crippen molar-refractivity contribution in [1.82, 2.24) is 0 Å². The first-order valence-electron chi connectivity index (χ1n) is 9.61. The van der Waals surface area contributed by atoms with E-state index in [4.69, 9.17) is 0 Å². The molecular weight excluding hydrogens is 358 g/mol. The highest BCUT2D eigenvalue weighted by Crippen LogP contribution is 2.28. The Morgan fingerprint density at radius 1 is 1.00 bits per heavy atom. The fourth-order valence-corrected chi connectivity index (χ4v) is 4.43. The van der Waals surface area contributed by atoms with Gasteiger partial charge in [-0.3, -0.25) is 14.9 Å². The van der Waals surface area contributed by atoms with Crippen molar-refractivity contribution in [3.63, 3.8) is 0 Å². The molecule has 3 rings (SSSR count). The maximum Gasteiger partial charge on any atom is 0.269 e. The first-order valence-corrected chi connectivity index (χ1v) is 10.6. The van der Waals surface area contributed by atoms with Crippen LogP contribution in [0.25, 0.3) is 0 Å². The lowest BCUT2D eigenvalue weighted by atomic mass is 9.85. The molecule has 1 aliphatic carbocycles. The van der Waals surface area contributed by atoms with Gasteiger partial charge < -0.3 is 0 Å². The van der Waals surface area contributed by atoms with Gasteiger partial charge in [0.25, 0.3) is 5.69 Å². The van der Waals surface area contributed by atoms with E-state index in [2.05, 4.69) is 0 Å². The molecule has 1 fully saturated rings. The predicted molar refractivity (Wildman–Crippen MR) is 109 cm³/mol. The third kappa shape index (κ3) is 5.93. The molecule has 0 N–H and O–H groups in total. The highest BCUT2D eigenvalue weighted by molar-refractivity contribution is 7.98. The summed E-state index contributed by atoms with van der Waals surface area (Å²) in [7, 11) is 0. The first kappa shape index (κ1) is 19.6. The number of hydrogen-bond donors (Lipinski definition) is 0. The van der Waals surface area contributed by atoms with Crippen LogP contribution in [0.2, 0.25) is 0 Å². The molecule has 0 heterocycles. The van der Waals surface area contributed by atoms with Gasteiger partial charge in [-0.25, -0.2) is 0 Å². The monoisotopic (exact) mass is 383 g/mol. The van der Waals surface area contributed by atoms with Gasteiger partial charge in [0, 0.05) is 34.8 Å². The van der Waals surface area contributed by atoms with E-state index >= 15 is 0 Å². The minimum absolute atomic E-state index is 0.111. The number of nitro benzene ring substituents is 1. The van der Waals surface area contributed by atoms with Gasteiger partial charge in [-0.15, -0.1) is 11.8 Å². The minimum Gasteiger partial charge on any atom is -0.294 e. The fourth-order valence-electron chi connectivity index (χ4n) is 3.57. The summed E-state index contributed by atoms with van der Waals surface area (Å²) < 4.78 is 0. The summed E-state index contributed by atoms with van der Waals surface area (Å²) >= 11 is 1.66. The van der Waals surface area contributed by atoms with Crippen molar-refractivity contribution in [1.29, 1.82) is 0 Å². The molecule has 1 aliphatic rings. The molecule has 4 nitrogen and oxygen atoms in total. The summed E-state index contributed by atoms with van der Waals surface area (Å²) in [6.45, 7) is 0. The second-order valence-electron chi connectivity index (χ2n) is 7.20. The molecule has 0 aliphatic heterocycles. The van der Waals surface area contributed by atoms with Gasteiger partial charge in [0.2, 0.25) is 0 Å². The third-order valence-corrected chi connectivity index (χ3v) is 6.32. The second-order valence-corrected chi connectivity index (χ2v) is 8.25. The van der Waals surface area contributed by atoms with Gasteiger partial charge in [-0.05, 0) is 30.0 Å². The van der Waals surface area contributed by atoms with Gasteiger partial charge in [0.1, 0.15) is 0 Å². The predicted octanol–water partition coefficient (Wildman–Crippen LogP) is 6.43. The van der Waals surface area contributed by atoms with Crippen molar-refractivity contribution < 1.29 is 9.72 Å². The molecule has 142 valence electrons. The van der Waals surface area contributed by atoms with Crippen LogP contribution in [0.1, 0.15) is 60.9 Å². The summed E-state index contributed by atoms with van der Waals surface area (Å²) in [6, 6.07) is 14.5. The van der Waals surface area contributed by atoms with Crippen LogP contribution in [-0.2, 0) is 5.75 Å². The topological polar surface area (TPSA) is 60.2 Å². The average molecular weight is 384 g/mol. The Labute approximate surface area is 164 Å². The molecule has 0 unspecified atom stereocenters. The van der Waals surface area contributed by atoms with Crippen LogP contribution in [-0.4, -0.2) is 10.7 Å². The number of rotatable bonds is 8. The fraction of sp³-hybridized carbons (Fsp3) is 0.409. The summed E-state index contributed by atoms with van der Waals surface area (Å²) in [4.78, 5) is 23.8. The minimum atomic E-state index is -0.388. The molecule has 2 aromatic carbocycles. The summed E-state index contributed by atoms with van der Waals surface area (Å²) in [5.41, 5.74) is 1.95. The number of Topliss-reactive ketones (excluding diaryl/α,β-unsaturated/α-hetero) is 1. The number of thioether (sulfide) groups is 1. The quantitative estimate of drug-likeness (QED) is 0.228. The Bertz CT molecular complexity index is 765. The van der Waals surface area contributed by atoms with E-state index in [1.165, 1.54) is 44.2 Å². The van der Waals surface area contributed by atoms with E-state index < -0.39 is 0 Å². The Morgan fingerprint density at radius 3 is 2.30 bits per heavy atom. The van der Waals surface area contributed by atoms with Crippen LogP contribution in [0, 0.1) is 16.0 Å². The van der Waals surface area contributed by atoms with Crippen LogP contribution in [0.15, 0.2) is 53.4 Å². The molecule has 0 amide bonds. The number of nitro groups is 1. The van der Waals surface area contributed by atoms with Crippen LogP contribution in [0.4, 0.5) is 5.69 Å². The lowest BCUT2D eigenvalue weighted by Crippen LogP contribution is -2.09. The number of nitrogens with zero attached hydrogens (tertiary/aromatic N) is 1. The standard InChI is InChI=1S/C22H25NO3S/c24-22(15-8-17-4-2-1-3-5-17)19-9-13-21(14-10-19)27-16-18-6-11-20(12-7-18)23(25)26/h6-7,9-14,17H,1-5,8,15-16H2. The molecule has 2 aromatic rings. The number of hydrogen-bond acceptors (Lipinski definition) is 4. The van der Waals surface area contributed by atoms with Crippen molar-refractivity contribution >= 4 is 23.2 Å². The zero-order valence-electron chi connectivity index (χ0n) is 15.4. The van der Waals surface area contributed by atoms with Crippen molar-refractivity contribution in [2.45, 2.75) is 55.6 Å². The molecule has 0 aromatic heterocycles. The summed E-state index contributed by atoms with van der Waals surface area (Å²) in [6.07, 6.45) is 8.23. The smallest absolute Gasteiger partial charge is 0.269 e. The first-order chi connectivity index (χ1) is 13.1. The molecule has 0 radical (unpaired) electrons. The van der Waals surface area contributed by atoms with Crippen molar-refractivity contribution in [3.05, 3.63) is 69.8 Å². The normalized spacial score (nSPS) is 14.8. The van der Waals surface area contributed by atoms with E-state index in [-0.39, 0.29) is 16.4 Å². The van der Waals surface area contributed by atoms with E-state index in [0.717, 1.165) is 34.1 Å². The van der Waals surface area contributed by atoms with Crippen molar-refractivity contribution in [3.8, 4) is 0 Å². The molecule has 0 saturated heterocycles. The Morgan fingerprint density at radius 2 is 1.67 bits per heavy atom. The lowest BCUT2D eigenvalue weighted by molar-refractivity contribution is -0.384. The Kier molecular flexibility index (Phi) is 7.04. The SMILES string of the molecule is O=C(CCC1CCCCC1)c1ccc(SCc2ccc([N+](=O)[O-])cc2)cc1. The van der Waals surface area contributed by atoms with Gasteiger partial charge in [-0.1, -0.05) is 56.4 Å². The zero-order valence-corrected chi connectivity index (χ0v) is 16.2. The van der Waals surface area contributed by atoms with Crippen LogP contribution in [0.5, 0.6) is 0 Å². The highest BCUT2D eigenvalue weighted by atomic mass is 32.2. The van der Waals surface area contributed by atoms with Gasteiger partial charge in [0.15, 0.2) is 5.78 Å². The van der Waals surface area contributed by atoms with Crippen LogP contribution in [0.3, 0.4) is 0 Å². The summed E-state index contributed by atoms with van der Waals surface area (Å²) in [5.74, 6) is 1.72. The van der Waals surface area contributed by atoms with Crippen molar-refractivity contribution in [2.24, 2.45) is 5.92 Å². The van der Waals surface area contributed by atoms with E-state index in [1.54, 1.807) is 23.9 Å². The summed E-state index contributed by atoms with van der Waals surface area (Å²) in [5, 5.41) is 10.7. The number of non-ortho nitro benzene ring substituents is 1. The van der Waals surface area contributed by atoms with Crippen LogP contribution < -0.4 is 0 Å². The zero-order chi connectivity index (χ0) is 19.1.